The molecule has 0 aliphatic carbocycles. The molecule has 2 heterocycles. The first-order valence-corrected chi connectivity index (χ1v) is 9.46. The second kappa shape index (κ2) is 7.94. The number of hydrogen-bond acceptors (Lipinski definition) is 4. The lowest BCUT2D eigenvalue weighted by Gasteiger charge is -2.41. The summed E-state index contributed by atoms with van der Waals surface area (Å²) < 4.78 is 5.42. The fourth-order valence-electron chi connectivity index (χ4n) is 3.63. The normalized spacial score (nSPS) is 18.8. The number of anilines is 1. The molecule has 6 heteroatoms. The molecule has 0 aromatic heterocycles. The van der Waals surface area contributed by atoms with Gasteiger partial charge in [-0.2, -0.15) is 0 Å². The number of carbonyl (C=O) groups excluding carboxylic acids is 1. The number of halogens is 1. The van der Waals surface area contributed by atoms with Crippen LogP contribution in [0.25, 0.3) is 0 Å². The number of nitrogens with zero attached hydrogens (tertiary/aromatic N) is 2. The maximum atomic E-state index is 12.5. The minimum Gasteiger partial charge on any atom is -0.379 e. The summed E-state index contributed by atoms with van der Waals surface area (Å²) in [6.45, 7) is 9.69. The molecule has 0 unspecified atom stereocenters. The molecule has 3 rings (SSSR count). The van der Waals surface area contributed by atoms with Gasteiger partial charge >= 0.3 is 0 Å². The summed E-state index contributed by atoms with van der Waals surface area (Å²) in [5.74, 6) is 0.0733. The molecular formula is C19H28ClN3O2. The molecule has 2 aliphatic heterocycles. The summed E-state index contributed by atoms with van der Waals surface area (Å²) in [5, 5.41) is 3.88. The number of benzene rings is 1. The van der Waals surface area contributed by atoms with E-state index in [4.69, 9.17) is 16.3 Å². The fourth-order valence-corrected chi connectivity index (χ4v) is 3.83. The highest BCUT2D eigenvalue weighted by Gasteiger charge is 2.29. The summed E-state index contributed by atoms with van der Waals surface area (Å²) in [5.41, 5.74) is 2.31. The second-order valence-corrected chi connectivity index (χ2v) is 7.92. The zero-order valence-corrected chi connectivity index (χ0v) is 15.9. The molecule has 0 saturated carbocycles. The number of ether oxygens (including phenoxy) is 1. The number of fused-ring (bicyclic) bond motifs is 1. The fraction of sp³-hybridized carbons (Fsp3) is 0.632. The Morgan fingerprint density at radius 3 is 2.80 bits per heavy atom. The van der Waals surface area contributed by atoms with Crippen molar-refractivity contribution >= 4 is 23.2 Å². The third-order valence-electron chi connectivity index (χ3n) is 5.18. The van der Waals surface area contributed by atoms with Crippen LogP contribution >= 0.6 is 11.6 Å². The largest absolute Gasteiger partial charge is 0.379 e. The molecule has 1 saturated heterocycles. The van der Waals surface area contributed by atoms with Crippen molar-refractivity contribution in [3.63, 3.8) is 0 Å². The van der Waals surface area contributed by atoms with Crippen molar-refractivity contribution in [2.24, 2.45) is 0 Å². The van der Waals surface area contributed by atoms with Crippen molar-refractivity contribution < 1.29 is 9.53 Å². The Morgan fingerprint density at radius 2 is 2.04 bits per heavy atom. The van der Waals surface area contributed by atoms with Crippen LogP contribution in [-0.2, 0) is 16.0 Å². The van der Waals surface area contributed by atoms with Crippen LogP contribution in [0.2, 0.25) is 5.02 Å². The Bertz CT molecular complexity index is 615. The molecule has 138 valence electrons. The minimum atomic E-state index is -0.0627. The lowest BCUT2D eigenvalue weighted by Crippen LogP contribution is -2.56. The molecule has 1 aromatic carbocycles. The van der Waals surface area contributed by atoms with E-state index < -0.39 is 0 Å². The van der Waals surface area contributed by atoms with Crippen LogP contribution in [0.3, 0.4) is 0 Å². The zero-order chi connectivity index (χ0) is 17.9. The lowest BCUT2D eigenvalue weighted by atomic mass is 10.0. The molecule has 2 aliphatic rings. The maximum absolute atomic E-state index is 12.5. The SMILES string of the molecule is CC(C)(CNC(=O)CN1CCCc2cc(Cl)ccc21)N1CCOCC1. The van der Waals surface area contributed by atoms with Gasteiger partial charge in [0, 0.05) is 42.4 Å². The van der Waals surface area contributed by atoms with E-state index in [0.717, 1.165) is 56.4 Å². The average Bonchev–Trinajstić information content (AvgIpc) is 2.61. The summed E-state index contributed by atoms with van der Waals surface area (Å²) >= 11 is 6.09. The smallest absolute Gasteiger partial charge is 0.239 e. The standard InChI is InChI=1S/C19H28ClN3O2/c1-19(2,23-8-10-25-11-9-23)14-21-18(24)13-22-7-3-4-15-12-16(20)5-6-17(15)22/h5-6,12H,3-4,7-11,13-14H2,1-2H3,(H,21,24). The number of nitrogens with one attached hydrogen (secondary N) is 1. The van der Waals surface area contributed by atoms with Crippen LogP contribution in [0.1, 0.15) is 25.8 Å². The topological polar surface area (TPSA) is 44.8 Å². The van der Waals surface area contributed by atoms with Crippen LogP contribution in [0, 0.1) is 0 Å². The van der Waals surface area contributed by atoms with Crippen molar-refractivity contribution in [2.75, 3.05) is 50.8 Å². The van der Waals surface area contributed by atoms with Crippen LogP contribution < -0.4 is 10.2 Å². The molecule has 0 atom stereocenters. The molecule has 25 heavy (non-hydrogen) atoms. The quantitative estimate of drug-likeness (QED) is 0.869. The van der Waals surface area contributed by atoms with Crippen LogP contribution in [0.5, 0.6) is 0 Å². The number of carbonyl (C=O) groups is 1. The zero-order valence-electron chi connectivity index (χ0n) is 15.2. The van der Waals surface area contributed by atoms with Gasteiger partial charge in [0.2, 0.25) is 5.91 Å². The van der Waals surface area contributed by atoms with Crippen LogP contribution in [0.4, 0.5) is 5.69 Å². The van der Waals surface area contributed by atoms with Gasteiger partial charge in [0.15, 0.2) is 0 Å². The highest BCUT2D eigenvalue weighted by atomic mass is 35.5. The van der Waals surface area contributed by atoms with Gasteiger partial charge in [-0.15, -0.1) is 0 Å². The first kappa shape index (κ1) is 18.5. The first-order valence-electron chi connectivity index (χ1n) is 9.08. The molecule has 0 spiro atoms. The molecule has 1 amide bonds. The lowest BCUT2D eigenvalue weighted by molar-refractivity contribution is -0.120. The van der Waals surface area contributed by atoms with E-state index in [0.29, 0.717) is 13.1 Å². The van der Waals surface area contributed by atoms with Crippen molar-refractivity contribution in [3.05, 3.63) is 28.8 Å². The predicted molar refractivity (Wildman–Crippen MR) is 101 cm³/mol. The van der Waals surface area contributed by atoms with E-state index in [1.807, 2.05) is 18.2 Å². The van der Waals surface area contributed by atoms with E-state index in [9.17, 15) is 4.79 Å². The third kappa shape index (κ3) is 4.66. The van der Waals surface area contributed by atoms with Crippen LogP contribution in [-0.4, -0.2) is 62.3 Å². The number of hydrogen-bond donors (Lipinski definition) is 1. The number of rotatable bonds is 5. The Kier molecular flexibility index (Phi) is 5.87. The Balaban J connectivity index is 1.55. The van der Waals surface area contributed by atoms with Crippen molar-refractivity contribution in [1.29, 1.82) is 0 Å². The van der Waals surface area contributed by atoms with E-state index in [1.165, 1.54) is 5.56 Å². The van der Waals surface area contributed by atoms with Gasteiger partial charge < -0.3 is 15.0 Å². The Hall–Kier alpha value is -1.30. The summed E-state index contributed by atoms with van der Waals surface area (Å²) in [4.78, 5) is 17.0. The Labute approximate surface area is 155 Å². The molecule has 1 fully saturated rings. The summed E-state index contributed by atoms with van der Waals surface area (Å²) in [6, 6.07) is 5.95. The number of morpholine rings is 1. The van der Waals surface area contributed by atoms with Gasteiger partial charge in [0.05, 0.1) is 19.8 Å². The summed E-state index contributed by atoms with van der Waals surface area (Å²) in [6.07, 6.45) is 2.08. The van der Waals surface area contributed by atoms with Gasteiger partial charge in [-0.25, -0.2) is 0 Å². The predicted octanol–water partition coefficient (Wildman–Crippen LogP) is 2.32. The minimum absolute atomic E-state index is 0.0627. The highest BCUT2D eigenvalue weighted by molar-refractivity contribution is 6.30. The molecule has 0 bridgehead atoms. The number of aryl methyl sites for hydroxylation is 1. The van der Waals surface area contributed by atoms with E-state index in [-0.39, 0.29) is 11.4 Å². The van der Waals surface area contributed by atoms with Gasteiger partial charge in [-0.05, 0) is 50.5 Å². The first-order chi connectivity index (χ1) is 12.0. The molecule has 1 N–H and O–H groups in total. The molecule has 5 nitrogen and oxygen atoms in total. The Morgan fingerprint density at radius 1 is 1.28 bits per heavy atom. The van der Waals surface area contributed by atoms with Gasteiger partial charge in [-0.3, -0.25) is 9.69 Å². The van der Waals surface area contributed by atoms with Gasteiger partial charge in [0.25, 0.3) is 0 Å². The van der Waals surface area contributed by atoms with Crippen LogP contribution in [0.15, 0.2) is 18.2 Å². The van der Waals surface area contributed by atoms with E-state index >= 15 is 0 Å². The van der Waals surface area contributed by atoms with Crippen molar-refractivity contribution in [3.8, 4) is 0 Å². The summed E-state index contributed by atoms with van der Waals surface area (Å²) in [7, 11) is 0. The van der Waals surface area contributed by atoms with E-state index in [1.54, 1.807) is 0 Å². The van der Waals surface area contributed by atoms with Crippen molar-refractivity contribution in [2.45, 2.75) is 32.2 Å². The molecule has 0 radical (unpaired) electrons. The number of amides is 1. The van der Waals surface area contributed by atoms with E-state index in [2.05, 4.69) is 29.0 Å². The second-order valence-electron chi connectivity index (χ2n) is 7.49. The molecular weight excluding hydrogens is 338 g/mol. The molecule has 1 aromatic rings. The average molecular weight is 366 g/mol. The van der Waals surface area contributed by atoms with Gasteiger partial charge in [-0.1, -0.05) is 11.6 Å². The van der Waals surface area contributed by atoms with Crippen molar-refractivity contribution in [1.82, 2.24) is 10.2 Å². The third-order valence-corrected chi connectivity index (χ3v) is 5.41. The van der Waals surface area contributed by atoms with Gasteiger partial charge in [0.1, 0.15) is 0 Å². The maximum Gasteiger partial charge on any atom is 0.239 e. The monoisotopic (exact) mass is 365 g/mol. The highest BCUT2D eigenvalue weighted by Crippen LogP contribution is 2.29.